The lowest BCUT2D eigenvalue weighted by molar-refractivity contribution is 0.190. The Hall–Kier alpha value is -1.32. The molecule has 0 radical (unpaired) electrons. The van der Waals surface area contributed by atoms with Gasteiger partial charge < -0.3 is 14.4 Å². The topological polar surface area (TPSA) is 34.4 Å². The van der Waals surface area contributed by atoms with Gasteiger partial charge in [0.1, 0.15) is 0 Å². The monoisotopic (exact) mass is 233 g/mol. The van der Waals surface area contributed by atoms with E-state index < -0.39 is 0 Å². The van der Waals surface area contributed by atoms with Crippen molar-refractivity contribution >= 4 is 10.9 Å². The highest BCUT2D eigenvalue weighted by Crippen LogP contribution is 2.22. The molecule has 2 aromatic rings. The highest BCUT2D eigenvalue weighted by molar-refractivity contribution is 5.84. The molecule has 0 unspecified atom stereocenters. The Morgan fingerprint density at radius 3 is 2.88 bits per heavy atom. The molecule has 1 aromatic carbocycles. The molecule has 1 heterocycles. The van der Waals surface area contributed by atoms with Crippen LogP contribution in [0.1, 0.15) is 17.5 Å². The minimum atomic E-state index is 0.0955. The molecule has 0 bridgehead atoms. The van der Waals surface area contributed by atoms with Gasteiger partial charge in [-0.15, -0.1) is 0 Å². The van der Waals surface area contributed by atoms with E-state index in [1.54, 1.807) is 7.11 Å². The Balaban J connectivity index is 2.34. The van der Waals surface area contributed by atoms with E-state index in [2.05, 4.69) is 29.8 Å². The maximum absolute atomic E-state index is 9.18. The number of aliphatic hydroxyl groups is 1. The minimum absolute atomic E-state index is 0.0955. The van der Waals surface area contributed by atoms with Gasteiger partial charge in [-0.25, -0.2) is 0 Å². The zero-order chi connectivity index (χ0) is 12.3. The van der Waals surface area contributed by atoms with Crippen LogP contribution in [0.5, 0.6) is 0 Å². The van der Waals surface area contributed by atoms with E-state index in [1.165, 1.54) is 16.5 Å². The fourth-order valence-corrected chi connectivity index (χ4v) is 2.18. The zero-order valence-electron chi connectivity index (χ0n) is 10.4. The van der Waals surface area contributed by atoms with Crippen LogP contribution in [0, 0.1) is 6.92 Å². The third-order valence-electron chi connectivity index (χ3n) is 3.08. The molecule has 0 atom stereocenters. The van der Waals surface area contributed by atoms with Crippen molar-refractivity contribution in [3.05, 3.63) is 35.5 Å². The molecule has 0 aliphatic carbocycles. The van der Waals surface area contributed by atoms with Gasteiger partial charge in [0.2, 0.25) is 0 Å². The molecule has 0 aliphatic heterocycles. The van der Waals surface area contributed by atoms with Crippen LogP contribution >= 0.6 is 0 Å². The maximum atomic E-state index is 9.18. The number of benzene rings is 1. The number of hydrogen-bond donors (Lipinski definition) is 1. The fourth-order valence-electron chi connectivity index (χ4n) is 2.18. The summed E-state index contributed by atoms with van der Waals surface area (Å²) in [6, 6.07) is 6.13. The van der Waals surface area contributed by atoms with Crippen molar-refractivity contribution in [2.24, 2.45) is 0 Å². The Morgan fingerprint density at radius 2 is 2.18 bits per heavy atom. The number of methoxy groups -OCH3 is 1. The third-order valence-corrected chi connectivity index (χ3v) is 3.08. The molecule has 3 nitrogen and oxygen atoms in total. The molecule has 0 fully saturated rings. The van der Waals surface area contributed by atoms with E-state index >= 15 is 0 Å². The van der Waals surface area contributed by atoms with Gasteiger partial charge in [-0.05, 0) is 30.5 Å². The van der Waals surface area contributed by atoms with E-state index in [9.17, 15) is 5.11 Å². The van der Waals surface area contributed by atoms with Crippen molar-refractivity contribution in [1.82, 2.24) is 4.57 Å². The van der Waals surface area contributed by atoms with Gasteiger partial charge >= 0.3 is 0 Å². The van der Waals surface area contributed by atoms with Crippen LogP contribution in [0.3, 0.4) is 0 Å². The normalized spacial score (nSPS) is 11.2. The Labute approximate surface area is 102 Å². The van der Waals surface area contributed by atoms with Crippen LogP contribution in [0.4, 0.5) is 0 Å². The molecule has 2 rings (SSSR count). The SMILES string of the molecule is COCCCn1cc(C)c2ccc(CO)cc21. The Kier molecular flexibility index (Phi) is 3.82. The molecule has 92 valence electrons. The standard InChI is InChI=1S/C14H19NO2/c1-11-9-15(6-3-7-17-2)14-8-12(10-16)4-5-13(11)14/h4-5,8-9,16H,3,6-7,10H2,1-2H3. The van der Waals surface area contributed by atoms with Crippen molar-refractivity contribution in [2.75, 3.05) is 13.7 Å². The van der Waals surface area contributed by atoms with Crippen LogP contribution in [-0.4, -0.2) is 23.4 Å². The smallest absolute Gasteiger partial charge is 0.0682 e. The Morgan fingerprint density at radius 1 is 1.35 bits per heavy atom. The summed E-state index contributed by atoms with van der Waals surface area (Å²) in [4.78, 5) is 0. The Bertz CT molecular complexity index is 502. The first kappa shape index (κ1) is 12.1. The summed E-state index contributed by atoms with van der Waals surface area (Å²) in [5, 5.41) is 10.4. The lowest BCUT2D eigenvalue weighted by atomic mass is 10.1. The van der Waals surface area contributed by atoms with Crippen molar-refractivity contribution in [2.45, 2.75) is 26.5 Å². The van der Waals surface area contributed by atoms with Gasteiger partial charge in [-0.1, -0.05) is 12.1 Å². The lowest BCUT2D eigenvalue weighted by Crippen LogP contribution is -2.00. The summed E-state index contributed by atoms with van der Waals surface area (Å²) in [6.45, 7) is 3.94. The predicted octanol–water partition coefficient (Wildman–Crippen LogP) is 2.48. The highest BCUT2D eigenvalue weighted by atomic mass is 16.5. The van der Waals surface area contributed by atoms with Gasteiger partial charge in [0, 0.05) is 37.4 Å². The average Bonchev–Trinajstić information content (AvgIpc) is 2.66. The first-order valence-electron chi connectivity index (χ1n) is 5.94. The number of nitrogens with zero attached hydrogens (tertiary/aromatic N) is 1. The van der Waals surface area contributed by atoms with Crippen molar-refractivity contribution < 1.29 is 9.84 Å². The molecular weight excluding hydrogens is 214 g/mol. The molecule has 1 N–H and O–H groups in total. The van der Waals surface area contributed by atoms with Gasteiger partial charge in [-0.2, -0.15) is 0 Å². The fraction of sp³-hybridized carbons (Fsp3) is 0.429. The summed E-state index contributed by atoms with van der Waals surface area (Å²) in [6.07, 6.45) is 3.17. The maximum Gasteiger partial charge on any atom is 0.0682 e. The summed E-state index contributed by atoms with van der Waals surface area (Å²) in [7, 11) is 1.73. The van der Waals surface area contributed by atoms with E-state index in [-0.39, 0.29) is 6.61 Å². The van der Waals surface area contributed by atoms with Crippen LogP contribution in [0.2, 0.25) is 0 Å². The van der Waals surface area contributed by atoms with Gasteiger partial charge in [0.15, 0.2) is 0 Å². The summed E-state index contributed by atoms with van der Waals surface area (Å²) < 4.78 is 7.31. The van der Waals surface area contributed by atoms with E-state index in [0.29, 0.717) is 0 Å². The number of aromatic nitrogens is 1. The van der Waals surface area contributed by atoms with E-state index in [1.807, 2.05) is 6.07 Å². The largest absolute Gasteiger partial charge is 0.392 e. The molecule has 17 heavy (non-hydrogen) atoms. The lowest BCUT2D eigenvalue weighted by Gasteiger charge is -2.05. The molecule has 0 amide bonds. The molecule has 0 saturated carbocycles. The minimum Gasteiger partial charge on any atom is -0.392 e. The van der Waals surface area contributed by atoms with E-state index in [0.717, 1.165) is 25.1 Å². The second-order valence-electron chi connectivity index (χ2n) is 4.36. The van der Waals surface area contributed by atoms with Crippen LogP contribution in [-0.2, 0) is 17.9 Å². The van der Waals surface area contributed by atoms with Gasteiger partial charge in [-0.3, -0.25) is 0 Å². The quantitative estimate of drug-likeness (QED) is 0.805. The zero-order valence-corrected chi connectivity index (χ0v) is 10.4. The molecule has 1 aromatic heterocycles. The molecule has 3 heteroatoms. The highest BCUT2D eigenvalue weighted by Gasteiger charge is 2.05. The summed E-state index contributed by atoms with van der Waals surface area (Å²) in [5.74, 6) is 0. The van der Waals surface area contributed by atoms with Crippen molar-refractivity contribution in [3.63, 3.8) is 0 Å². The number of fused-ring (bicyclic) bond motifs is 1. The number of aryl methyl sites for hydroxylation is 2. The average molecular weight is 233 g/mol. The first-order chi connectivity index (χ1) is 8.26. The summed E-state index contributed by atoms with van der Waals surface area (Å²) in [5.41, 5.74) is 3.44. The van der Waals surface area contributed by atoms with Gasteiger partial charge in [0.05, 0.1) is 6.61 Å². The number of ether oxygens (including phenoxy) is 1. The number of rotatable bonds is 5. The predicted molar refractivity (Wildman–Crippen MR) is 69.1 cm³/mol. The molecule has 0 saturated heterocycles. The van der Waals surface area contributed by atoms with Crippen molar-refractivity contribution in [1.29, 1.82) is 0 Å². The van der Waals surface area contributed by atoms with Gasteiger partial charge in [0.25, 0.3) is 0 Å². The number of hydrogen-bond acceptors (Lipinski definition) is 2. The number of aliphatic hydroxyl groups excluding tert-OH is 1. The molecular formula is C14H19NO2. The van der Waals surface area contributed by atoms with Crippen LogP contribution < -0.4 is 0 Å². The van der Waals surface area contributed by atoms with Crippen molar-refractivity contribution in [3.8, 4) is 0 Å². The van der Waals surface area contributed by atoms with E-state index in [4.69, 9.17) is 4.74 Å². The molecule has 0 aliphatic rings. The van der Waals surface area contributed by atoms with Crippen LogP contribution in [0.15, 0.2) is 24.4 Å². The third kappa shape index (κ3) is 2.51. The van der Waals surface area contributed by atoms with Crippen LogP contribution in [0.25, 0.3) is 10.9 Å². The summed E-state index contributed by atoms with van der Waals surface area (Å²) >= 11 is 0. The molecule has 0 spiro atoms. The second-order valence-corrected chi connectivity index (χ2v) is 4.36. The first-order valence-corrected chi connectivity index (χ1v) is 5.94. The second kappa shape index (κ2) is 5.34.